The second-order valence-corrected chi connectivity index (χ2v) is 5.25. The van der Waals surface area contributed by atoms with Crippen molar-refractivity contribution in [3.05, 3.63) is 57.3 Å². The maximum Gasteiger partial charge on any atom is 0.194 e. The monoisotopic (exact) mass is 326 g/mol. The van der Waals surface area contributed by atoms with Gasteiger partial charge in [-0.2, -0.15) is 0 Å². The van der Waals surface area contributed by atoms with Gasteiger partial charge in [-0.25, -0.2) is 4.39 Å². The molecule has 1 aliphatic heterocycles. The van der Waals surface area contributed by atoms with Crippen molar-refractivity contribution in [1.82, 2.24) is 0 Å². The summed E-state index contributed by atoms with van der Waals surface area (Å²) in [5.41, 5.74) is 0.503. The first kappa shape index (κ1) is 14.2. The lowest BCUT2D eigenvalue weighted by Crippen LogP contribution is -2.16. The van der Waals surface area contributed by atoms with Crippen LogP contribution in [-0.4, -0.2) is 19.0 Å². The highest BCUT2D eigenvalue weighted by Gasteiger charge is 2.20. The van der Waals surface area contributed by atoms with Crippen molar-refractivity contribution < 1.29 is 18.7 Å². The Balaban J connectivity index is 2.03. The molecule has 0 saturated heterocycles. The van der Waals surface area contributed by atoms with Crippen molar-refractivity contribution in [2.24, 2.45) is 0 Å². The number of carbonyl (C=O) groups is 1. The highest BCUT2D eigenvalue weighted by Crippen LogP contribution is 2.36. The lowest BCUT2D eigenvalue weighted by atomic mass is 10.0. The predicted octanol–water partition coefficient (Wildman–Crippen LogP) is 4.13. The summed E-state index contributed by atoms with van der Waals surface area (Å²) in [6.07, 6.45) is 0. The lowest BCUT2D eigenvalue weighted by Gasteiger charge is -2.19. The van der Waals surface area contributed by atoms with Crippen LogP contribution in [0.15, 0.2) is 30.3 Å². The third-order valence-corrected chi connectivity index (χ3v) is 3.66. The van der Waals surface area contributed by atoms with Crippen molar-refractivity contribution in [2.75, 3.05) is 13.2 Å². The van der Waals surface area contributed by atoms with Gasteiger partial charge in [0, 0.05) is 17.2 Å². The van der Waals surface area contributed by atoms with Crippen molar-refractivity contribution in [3.8, 4) is 11.5 Å². The number of ether oxygens (including phenoxy) is 2. The summed E-state index contributed by atoms with van der Waals surface area (Å²) in [4.78, 5) is 12.5. The summed E-state index contributed by atoms with van der Waals surface area (Å²) >= 11 is 11.8. The lowest BCUT2D eigenvalue weighted by molar-refractivity contribution is 0.103. The van der Waals surface area contributed by atoms with Crippen molar-refractivity contribution in [2.45, 2.75) is 0 Å². The van der Waals surface area contributed by atoms with Gasteiger partial charge in [0.15, 0.2) is 17.3 Å². The van der Waals surface area contributed by atoms with Crippen LogP contribution in [0, 0.1) is 5.82 Å². The molecule has 0 spiro atoms. The van der Waals surface area contributed by atoms with E-state index < -0.39 is 5.82 Å². The number of benzene rings is 2. The van der Waals surface area contributed by atoms with Crippen molar-refractivity contribution >= 4 is 29.0 Å². The second kappa shape index (κ2) is 5.54. The van der Waals surface area contributed by atoms with Crippen LogP contribution < -0.4 is 9.47 Å². The van der Waals surface area contributed by atoms with E-state index in [0.29, 0.717) is 24.7 Å². The van der Waals surface area contributed by atoms with Gasteiger partial charge in [-0.1, -0.05) is 23.2 Å². The quantitative estimate of drug-likeness (QED) is 0.778. The van der Waals surface area contributed by atoms with Crippen LogP contribution in [0.2, 0.25) is 10.0 Å². The average Bonchev–Trinajstić information content (AvgIpc) is 2.48. The summed E-state index contributed by atoms with van der Waals surface area (Å²) in [7, 11) is 0. The van der Waals surface area contributed by atoms with E-state index in [2.05, 4.69) is 0 Å². The normalized spacial score (nSPS) is 13.1. The summed E-state index contributed by atoms with van der Waals surface area (Å²) < 4.78 is 24.0. The van der Waals surface area contributed by atoms with Gasteiger partial charge in [0.05, 0.1) is 10.0 Å². The zero-order chi connectivity index (χ0) is 15.0. The molecular formula is C15H9Cl2FO3. The SMILES string of the molecule is O=C(c1ccc(F)c(Cl)c1)c1cc2c(cc1Cl)OCCO2. The van der Waals surface area contributed by atoms with Gasteiger partial charge in [-0.15, -0.1) is 0 Å². The standard InChI is InChI=1S/C15H9Cl2FO3/c16-10-7-14-13(20-3-4-21-14)6-9(10)15(19)8-1-2-12(18)11(17)5-8/h1-2,5-7H,3-4H2. The van der Waals surface area contributed by atoms with E-state index >= 15 is 0 Å². The molecule has 2 aromatic carbocycles. The molecule has 1 heterocycles. The van der Waals surface area contributed by atoms with Gasteiger partial charge in [-0.05, 0) is 24.3 Å². The molecule has 0 N–H and O–H groups in total. The smallest absolute Gasteiger partial charge is 0.194 e. The maximum absolute atomic E-state index is 13.2. The van der Waals surface area contributed by atoms with Gasteiger partial charge in [-0.3, -0.25) is 4.79 Å². The molecule has 1 aliphatic rings. The summed E-state index contributed by atoms with van der Waals surface area (Å²) in [5.74, 6) is 0.0162. The third-order valence-electron chi connectivity index (χ3n) is 3.06. The van der Waals surface area contributed by atoms with E-state index in [9.17, 15) is 9.18 Å². The Morgan fingerprint density at radius 3 is 2.33 bits per heavy atom. The topological polar surface area (TPSA) is 35.5 Å². The van der Waals surface area contributed by atoms with Gasteiger partial charge in [0.2, 0.25) is 0 Å². The summed E-state index contributed by atoms with van der Waals surface area (Å²) in [6, 6.07) is 6.83. The van der Waals surface area contributed by atoms with Gasteiger partial charge in [0.1, 0.15) is 19.0 Å². The van der Waals surface area contributed by atoms with E-state index in [-0.39, 0.29) is 27.0 Å². The molecule has 3 nitrogen and oxygen atoms in total. The number of hydrogen-bond donors (Lipinski definition) is 0. The van der Waals surface area contributed by atoms with E-state index in [0.717, 1.165) is 6.07 Å². The molecule has 0 fully saturated rings. The van der Waals surface area contributed by atoms with Gasteiger partial charge in [0.25, 0.3) is 0 Å². The Bertz CT molecular complexity index is 731. The largest absolute Gasteiger partial charge is 0.486 e. The molecule has 0 bridgehead atoms. The van der Waals surface area contributed by atoms with Crippen LogP contribution in [0.25, 0.3) is 0 Å². The highest BCUT2D eigenvalue weighted by molar-refractivity contribution is 6.35. The predicted molar refractivity (Wildman–Crippen MR) is 77.3 cm³/mol. The summed E-state index contributed by atoms with van der Waals surface area (Å²) in [6.45, 7) is 0.842. The fraction of sp³-hybridized carbons (Fsp3) is 0.133. The number of fused-ring (bicyclic) bond motifs is 1. The Kier molecular flexibility index (Phi) is 3.74. The zero-order valence-corrected chi connectivity index (χ0v) is 12.2. The molecule has 0 saturated carbocycles. The van der Waals surface area contributed by atoms with E-state index in [1.165, 1.54) is 24.3 Å². The van der Waals surface area contributed by atoms with Crippen LogP contribution in [0.3, 0.4) is 0 Å². The molecular weight excluding hydrogens is 318 g/mol. The van der Waals surface area contributed by atoms with Crippen molar-refractivity contribution in [1.29, 1.82) is 0 Å². The first-order valence-corrected chi connectivity index (χ1v) is 6.91. The molecule has 108 valence electrons. The molecule has 3 rings (SSSR count). The Morgan fingerprint density at radius 1 is 1.00 bits per heavy atom. The molecule has 0 radical (unpaired) electrons. The number of halogens is 3. The second-order valence-electron chi connectivity index (χ2n) is 4.43. The number of hydrogen-bond acceptors (Lipinski definition) is 3. The van der Waals surface area contributed by atoms with E-state index in [1.807, 2.05) is 0 Å². The number of rotatable bonds is 2. The minimum Gasteiger partial charge on any atom is -0.486 e. The molecule has 6 heteroatoms. The number of carbonyl (C=O) groups excluding carboxylic acids is 1. The molecule has 0 aromatic heterocycles. The Hall–Kier alpha value is -1.78. The third kappa shape index (κ3) is 2.69. The van der Waals surface area contributed by atoms with Gasteiger partial charge >= 0.3 is 0 Å². The fourth-order valence-corrected chi connectivity index (χ4v) is 2.45. The average molecular weight is 327 g/mol. The van der Waals surface area contributed by atoms with Crippen LogP contribution in [0.5, 0.6) is 11.5 Å². The van der Waals surface area contributed by atoms with E-state index in [4.69, 9.17) is 32.7 Å². The van der Waals surface area contributed by atoms with Crippen molar-refractivity contribution in [3.63, 3.8) is 0 Å². The molecule has 0 amide bonds. The van der Waals surface area contributed by atoms with Crippen LogP contribution in [0.1, 0.15) is 15.9 Å². The van der Waals surface area contributed by atoms with Crippen LogP contribution in [-0.2, 0) is 0 Å². The fourth-order valence-electron chi connectivity index (χ4n) is 2.03. The highest BCUT2D eigenvalue weighted by atomic mass is 35.5. The molecule has 2 aromatic rings. The minimum absolute atomic E-state index is 0.116. The summed E-state index contributed by atoms with van der Waals surface area (Å²) in [5, 5.41) is 0.124. The molecule has 0 unspecified atom stereocenters. The zero-order valence-electron chi connectivity index (χ0n) is 10.7. The minimum atomic E-state index is -0.582. The van der Waals surface area contributed by atoms with Gasteiger partial charge < -0.3 is 9.47 Å². The Morgan fingerprint density at radius 2 is 1.67 bits per heavy atom. The maximum atomic E-state index is 13.2. The van der Waals surface area contributed by atoms with Crippen LogP contribution in [0.4, 0.5) is 4.39 Å². The molecule has 21 heavy (non-hydrogen) atoms. The number of ketones is 1. The van der Waals surface area contributed by atoms with Crippen LogP contribution >= 0.6 is 23.2 Å². The van der Waals surface area contributed by atoms with E-state index in [1.54, 1.807) is 0 Å². The first-order valence-electron chi connectivity index (χ1n) is 6.15. The first-order chi connectivity index (χ1) is 10.1. The Labute approximate surface area is 130 Å². The molecule has 0 atom stereocenters. The molecule has 0 aliphatic carbocycles.